The molecule has 0 nitrogen and oxygen atoms in total. The molecular weight excluding hydrogens is 384 g/mol. The van der Waals surface area contributed by atoms with Crippen LogP contribution in [0.1, 0.15) is 27.8 Å². The zero-order chi connectivity index (χ0) is 21.5. The van der Waals surface area contributed by atoms with Gasteiger partial charge in [0.2, 0.25) is 0 Å². The van der Waals surface area contributed by atoms with E-state index in [9.17, 15) is 0 Å². The van der Waals surface area contributed by atoms with Gasteiger partial charge in [-0.25, -0.2) is 0 Å². The molecule has 5 aromatic carbocycles. The maximum Gasteiger partial charge on any atom is 0.0719 e. The summed E-state index contributed by atoms with van der Waals surface area (Å²) < 4.78 is 0. The lowest BCUT2D eigenvalue weighted by molar-refractivity contribution is 0.769. The summed E-state index contributed by atoms with van der Waals surface area (Å²) in [6.45, 7) is 2.24. The minimum absolute atomic E-state index is 0.369. The second kappa shape index (κ2) is 7.35. The molecule has 152 valence electrons. The first-order valence-corrected chi connectivity index (χ1v) is 11.2. The van der Waals surface area contributed by atoms with Crippen molar-refractivity contribution in [2.75, 3.05) is 0 Å². The fourth-order valence-electron chi connectivity index (χ4n) is 5.62. The van der Waals surface area contributed by atoms with Crippen LogP contribution in [-0.2, 0) is 5.41 Å². The zero-order valence-electron chi connectivity index (χ0n) is 18.1. The molecular formula is C32H24. The highest BCUT2D eigenvalue weighted by atomic mass is 14.5. The normalized spacial score (nSPS) is 13.4. The summed E-state index contributed by atoms with van der Waals surface area (Å²) in [4.78, 5) is 0. The summed E-state index contributed by atoms with van der Waals surface area (Å²) in [5.74, 6) is 0. The van der Waals surface area contributed by atoms with Crippen molar-refractivity contribution in [3.05, 3.63) is 155 Å². The minimum Gasteiger partial charge on any atom is -0.0622 e. The van der Waals surface area contributed by atoms with Gasteiger partial charge in [0.05, 0.1) is 5.41 Å². The molecule has 0 saturated carbocycles. The van der Waals surface area contributed by atoms with Crippen LogP contribution in [0.5, 0.6) is 0 Å². The summed E-state index contributed by atoms with van der Waals surface area (Å²) in [7, 11) is 0. The Morgan fingerprint density at radius 3 is 1.62 bits per heavy atom. The Balaban J connectivity index is 1.85. The number of benzene rings is 5. The van der Waals surface area contributed by atoms with E-state index in [1.165, 1.54) is 50.1 Å². The highest BCUT2D eigenvalue weighted by Gasteiger charge is 2.47. The molecule has 0 saturated heterocycles. The molecule has 0 aromatic heterocycles. The third-order valence-corrected chi connectivity index (χ3v) is 6.89. The number of fused-ring (bicyclic) bond motifs is 3. The average molecular weight is 409 g/mol. The van der Waals surface area contributed by atoms with Crippen molar-refractivity contribution in [1.29, 1.82) is 0 Å². The van der Waals surface area contributed by atoms with Crippen molar-refractivity contribution in [2.24, 2.45) is 0 Å². The van der Waals surface area contributed by atoms with Gasteiger partial charge in [0.15, 0.2) is 0 Å². The summed E-state index contributed by atoms with van der Waals surface area (Å²) in [6.07, 6.45) is 0. The summed E-state index contributed by atoms with van der Waals surface area (Å²) >= 11 is 0. The Labute approximate surface area is 189 Å². The fraction of sp³-hybridized carbons (Fsp3) is 0.0625. The van der Waals surface area contributed by atoms with Crippen LogP contribution in [0.2, 0.25) is 0 Å². The molecule has 0 unspecified atom stereocenters. The van der Waals surface area contributed by atoms with E-state index >= 15 is 0 Å². The van der Waals surface area contributed by atoms with E-state index in [1.807, 2.05) is 0 Å². The van der Waals surface area contributed by atoms with Gasteiger partial charge in [-0.3, -0.25) is 0 Å². The summed E-state index contributed by atoms with van der Waals surface area (Å²) in [5, 5.41) is 0. The molecule has 0 heterocycles. The Morgan fingerprint density at radius 2 is 1.00 bits per heavy atom. The lowest BCUT2D eigenvalue weighted by atomic mass is 9.65. The molecule has 0 atom stereocenters. The van der Waals surface area contributed by atoms with Crippen LogP contribution in [0.4, 0.5) is 0 Å². The first kappa shape index (κ1) is 18.8. The molecule has 0 spiro atoms. The predicted molar refractivity (Wildman–Crippen MR) is 134 cm³/mol. The second-order valence-corrected chi connectivity index (χ2v) is 8.57. The molecule has 0 radical (unpaired) electrons. The van der Waals surface area contributed by atoms with Crippen LogP contribution in [0.15, 0.2) is 127 Å². The van der Waals surface area contributed by atoms with E-state index in [-0.39, 0.29) is 5.41 Å². The monoisotopic (exact) mass is 408 g/mol. The topological polar surface area (TPSA) is 0 Å². The standard InChI is InChI=1S/C32H24/c1-23-21-22-28-27-19-11-12-20-29(27)32(25-15-7-3-8-16-25,26-17-9-4-10-18-26)31(28)30(23)24-13-5-2-6-14-24/h2-22H,1H3. The van der Waals surface area contributed by atoms with Crippen LogP contribution in [0.25, 0.3) is 22.3 Å². The number of hydrogen-bond acceptors (Lipinski definition) is 0. The first-order valence-electron chi connectivity index (χ1n) is 11.2. The quantitative estimate of drug-likeness (QED) is 0.278. The highest BCUT2D eigenvalue weighted by Crippen LogP contribution is 2.59. The third kappa shape index (κ3) is 2.56. The number of rotatable bonds is 3. The van der Waals surface area contributed by atoms with Crippen molar-refractivity contribution in [3.63, 3.8) is 0 Å². The van der Waals surface area contributed by atoms with Crippen LogP contribution < -0.4 is 0 Å². The minimum atomic E-state index is -0.369. The van der Waals surface area contributed by atoms with Crippen LogP contribution in [-0.4, -0.2) is 0 Å². The molecule has 5 aromatic rings. The lowest BCUT2D eigenvalue weighted by Gasteiger charge is -2.35. The van der Waals surface area contributed by atoms with Gasteiger partial charge in [-0.05, 0) is 57.0 Å². The molecule has 0 bridgehead atoms. The molecule has 32 heavy (non-hydrogen) atoms. The summed E-state index contributed by atoms with van der Waals surface area (Å²) in [5.41, 5.74) is 11.6. The second-order valence-electron chi connectivity index (χ2n) is 8.57. The Bertz CT molecular complexity index is 1360. The van der Waals surface area contributed by atoms with Crippen LogP contribution in [0, 0.1) is 6.92 Å². The van der Waals surface area contributed by atoms with E-state index in [1.54, 1.807) is 0 Å². The van der Waals surface area contributed by atoms with E-state index < -0.39 is 0 Å². The van der Waals surface area contributed by atoms with E-state index in [2.05, 4.69) is 134 Å². The predicted octanol–water partition coefficient (Wildman–Crippen LogP) is 8.03. The lowest BCUT2D eigenvalue weighted by Crippen LogP contribution is -2.29. The van der Waals surface area contributed by atoms with Crippen LogP contribution >= 0.6 is 0 Å². The molecule has 0 heteroatoms. The SMILES string of the molecule is Cc1ccc2c(c1-c1ccccc1)C(c1ccccc1)(c1ccccc1)c1ccccc1-2. The molecule has 0 aliphatic heterocycles. The van der Waals surface area contributed by atoms with Gasteiger partial charge < -0.3 is 0 Å². The molecule has 6 rings (SSSR count). The third-order valence-electron chi connectivity index (χ3n) is 6.89. The van der Waals surface area contributed by atoms with Crippen molar-refractivity contribution in [3.8, 4) is 22.3 Å². The molecule has 1 aliphatic rings. The Morgan fingerprint density at radius 1 is 0.469 bits per heavy atom. The van der Waals surface area contributed by atoms with Gasteiger partial charge in [0.25, 0.3) is 0 Å². The maximum absolute atomic E-state index is 2.32. The first-order chi connectivity index (χ1) is 15.8. The van der Waals surface area contributed by atoms with Crippen LogP contribution in [0.3, 0.4) is 0 Å². The van der Waals surface area contributed by atoms with E-state index in [0.717, 1.165) is 0 Å². The summed E-state index contributed by atoms with van der Waals surface area (Å²) in [6, 6.07) is 46.4. The maximum atomic E-state index is 2.32. The molecule has 0 fully saturated rings. The van der Waals surface area contributed by atoms with E-state index in [4.69, 9.17) is 0 Å². The average Bonchev–Trinajstić information content (AvgIpc) is 3.17. The Kier molecular flexibility index (Phi) is 4.33. The largest absolute Gasteiger partial charge is 0.0719 e. The zero-order valence-corrected chi connectivity index (χ0v) is 18.1. The Hall–Kier alpha value is -3.90. The van der Waals surface area contributed by atoms with Gasteiger partial charge in [0, 0.05) is 0 Å². The number of aryl methyl sites for hydroxylation is 1. The van der Waals surface area contributed by atoms with Crippen molar-refractivity contribution >= 4 is 0 Å². The fourth-order valence-corrected chi connectivity index (χ4v) is 5.62. The molecule has 1 aliphatic carbocycles. The van der Waals surface area contributed by atoms with E-state index in [0.29, 0.717) is 0 Å². The smallest absolute Gasteiger partial charge is 0.0622 e. The van der Waals surface area contributed by atoms with Crippen molar-refractivity contribution in [1.82, 2.24) is 0 Å². The van der Waals surface area contributed by atoms with Gasteiger partial charge >= 0.3 is 0 Å². The number of hydrogen-bond donors (Lipinski definition) is 0. The molecule has 0 amide bonds. The van der Waals surface area contributed by atoms with Crippen molar-refractivity contribution in [2.45, 2.75) is 12.3 Å². The van der Waals surface area contributed by atoms with Gasteiger partial charge in [-0.15, -0.1) is 0 Å². The van der Waals surface area contributed by atoms with Gasteiger partial charge in [-0.2, -0.15) is 0 Å². The molecule has 0 N–H and O–H groups in total. The van der Waals surface area contributed by atoms with Gasteiger partial charge in [-0.1, -0.05) is 127 Å². The van der Waals surface area contributed by atoms with Gasteiger partial charge in [0.1, 0.15) is 0 Å². The van der Waals surface area contributed by atoms with Crippen molar-refractivity contribution < 1.29 is 0 Å². The highest BCUT2D eigenvalue weighted by molar-refractivity contribution is 5.93.